The highest BCUT2D eigenvalue weighted by Crippen LogP contribution is 2.10. The quantitative estimate of drug-likeness (QED) is 0.738. The highest BCUT2D eigenvalue weighted by molar-refractivity contribution is 9.10. The van der Waals surface area contributed by atoms with Crippen LogP contribution in [0.5, 0.6) is 0 Å². The summed E-state index contributed by atoms with van der Waals surface area (Å²) in [4.78, 5) is 4.19. The minimum Gasteiger partial charge on any atom is -0.324 e. The summed E-state index contributed by atoms with van der Waals surface area (Å²) in [5.74, 6) is 0.655. The second-order valence-corrected chi connectivity index (χ2v) is 3.16. The zero-order valence-corrected chi connectivity index (χ0v) is 7.82. The molecule has 0 amide bonds. The lowest BCUT2D eigenvalue weighted by Crippen LogP contribution is -1.98. The highest BCUT2D eigenvalue weighted by Gasteiger charge is 2.02. The van der Waals surface area contributed by atoms with Crippen LogP contribution in [-0.4, -0.2) is 14.6 Å². The Morgan fingerprint density at radius 3 is 3.00 bits per heavy atom. The van der Waals surface area contributed by atoms with E-state index in [9.17, 15) is 0 Å². The third kappa shape index (κ3) is 1.11. The summed E-state index contributed by atoms with van der Waals surface area (Å²) in [5.41, 5.74) is 6.22. The third-order valence-electron chi connectivity index (χ3n) is 1.54. The van der Waals surface area contributed by atoms with Crippen molar-refractivity contribution in [2.24, 2.45) is 5.73 Å². The van der Waals surface area contributed by atoms with Crippen LogP contribution in [0.4, 0.5) is 0 Å². The molecule has 0 saturated carbocycles. The van der Waals surface area contributed by atoms with Crippen molar-refractivity contribution < 1.29 is 0 Å². The predicted molar refractivity (Wildman–Crippen MR) is 48.6 cm³/mol. The average Bonchev–Trinajstić information content (AvgIpc) is 2.49. The summed E-state index contributed by atoms with van der Waals surface area (Å²) < 4.78 is 2.59. The molecule has 0 atom stereocenters. The van der Waals surface area contributed by atoms with Crippen LogP contribution in [0.3, 0.4) is 0 Å². The van der Waals surface area contributed by atoms with Crippen LogP contribution < -0.4 is 5.73 Å². The molecular weight excluding hydrogens is 220 g/mol. The van der Waals surface area contributed by atoms with Crippen LogP contribution in [-0.2, 0) is 6.54 Å². The van der Waals surface area contributed by atoms with E-state index in [2.05, 4.69) is 26.0 Å². The van der Waals surface area contributed by atoms with Crippen molar-refractivity contribution in [3.8, 4) is 0 Å². The van der Waals surface area contributed by atoms with Gasteiger partial charge in [0.2, 0.25) is 0 Å². The predicted octanol–water partition coefficient (Wildman–Crippen LogP) is 0.951. The lowest BCUT2D eigenvalue weighted by molar-refractivity contribution is 0.857. The molecule has 5 heteroatoms. The molecule has 0 unspecified atom stereocenters. The number of nitrogens with zero attached hydrogens (tertiary/aromatic N) is 3. The number of hydrogen-bond donors (Lipinski definition) is 1. The van der Waals surface area contributed by atoms with Crippen molar-refractivity contribution in [3.05, 3.63) is 28.6 Å². The van der Waals surface area contributed by atoms with Crippen LogP contribution in [0.15, 0.2) is 22.8 Å². The van der Waals surface area contributed by atoms with Gasteiger partial charge in [0.1, 0.15) is 4.60 Å². The first-order valence-corrected chi connectivity index (χ1v) is 4.31. The van der Waals surface area contributed by atoms with Crippen LogP contribution in [0.2, 0.25) is 0 Å². The van der Waals surface area contributed by atoms with E-state index < -0.39 is 0 Å². The van der Waals surface area contributed by atoms with Crippen molar-refractivity contribution in [1.29, 1.82) is 0 Å². The molecule has 0 aliphatic carbocycles. The highest BCUT2D eigenvalue weighted by atomic mass is 79.9. The number of hydrogen-bond acceptors (Lipinski definition) is 3. The van der Waals surface area contributed by atoms with E-state index in [1.807, 2.05) is 18.2 Å². The smallest absolute Gasteiger partial charge is 0.165 e. The fourth-order valence-electron chi connectivity index (χ4n) is 1.00. The Morgan fingerprint density at radius 2 is 2.33 bits per heavy atom. The van der Waals surface area contributed by atoms with Crippen LogP contribution in [0.25, 0.3) is 5.65 Å². The average molecular weight is 227 g/mol. The van der Waals surface area contributed by atoms with Crippen molar-refractivity contribution in [2.45, 2.75) is 6.54 Å². The Kier molecular flexibility index (Phi) is 1.82. The molecular formula is C7H7BrN4. The van der Waals surface area contributed by atoms with Crippen LogP contribution in [0, 0.1) is 0 Å². The molecule has 0 aromatic carbocycles. The topological polar surface area (TPSA) is 56.2 Å². The lowest BCUT2D eigenvalue weighted by Gasteiger charge is -1.91. The Hall–Kier alpha value is -0.940. The fraction of sp³-hybridized carbons (Fsp3) is 0.143. The zero-order valence-electron chi connectivity index (χ0n) is 6.24. The Bertz CT molecular complexity index is 409. The molecule has 0 aliphatic heterocycles. The first-order chi connectivity index (χ1) is 5.81. The molecule has 12 heavy (non-hydrogen) atoms. The molecule has 2 N–H and O–H groups in total. The first-order valence-electron chi connectivity index (χ1n) is 3.51. The number of nitrogens with two attached hydrogens (primary N) is 1. The van der Waals surface area contributed by atoms with Gasteiger partial charge in [-0.05, 0) is 28.1 Å². The van der Waals surface area contributed by atoms with Gasteiger partial charge in [-0.15, -0.1) is 5.10 Å². The molecule has 0 saturated heterocycles. The van der Waals surface area contributed by atoms with E-state index in [0.29, 0.717) is 12.4 Å². The van der Waals surface area contributed by atoms with Gasteiger partial charge in [-0.1, -0.05) is 6.07 Å². The van der Waals surface area contributed by atoms with Gasteiger partial charge < -0.3 is 5.73 Å². The molecule has 2 heterocycles. The zero-order chi connectivity index (χ0) is 8.55. The Labute approximate surface area is 77.5 Å². The van der Waals surface area contributed by atoms with Crippen molar-refractivity contribution >= 4 is 21.6 Å². The van der Waals surface area contributed by atoms with Crippen LogP contribution >= 0.6 is 15.9 Å². The van der Waals surface area contributed by atoms with Gasteiger partial charge >= 0.3 is 0 Å². The summed E-state index contributed by atoms with van der Waals surface area (Å²) in [6.45, 7) is 0.369. The maximum atomic E-state index is 5.41. The van der Waals surface area contributed by atoms with Gasteiger partial charge in [-0.3, -0.25) is 0 Å². The molecule has 62 valence electrons. The van der Waals surface area contributed by atoms with Gasteiger partial charge in [0.05, 0.1) is 6.54 Å². The molecule has 4 nitrogen and oxygen atoms in total. The van der Waals surface area contributed by atoms with Crippen LogP contribution in [0.1, 0.15) is 5.82 Å². The summed E-state index contributed by atoms with van der Waals surface area (Å²) >= 11 is 3.36. The normalized spacial score (nSPS) is 10.8. The van der Waals surface area contributed by atoms with E-state index in [1.165, 1.54) is 0 Å². The number of aromatic nitrogens is 3. The SMILES string of the molecule is NCc1nc2cccc(Br)n2n1. The number of halogens is 1. The van der Waals surface area contributed by atoms with Crippen molar-refractivity contribution in [1.82, 2.24) is 14.6 Å². The van der Waals surface area contributed by atoms with Gasteiger partial charge in [0.15, 0.2) is 11.5 Å². The molecule has 0 bridgehead atoms. The maximum Gasteiger partial charge on any atom is 0.165 e. The van der Waals surface area contributed by atoms with Gasteiger partial charge in [-0.25, -0.2) is 9.50 Å². The standard InChI is InChI=1S/C7H7BrN4/c8-5-2-1-3-7-10-6(4-9)11-12(5)7/h1-3H,4,9H2. The molecule has 0 fully saturated rings. The van der Waals surface area contributed by atoms with E-state index in [0.717, 1.165) is 10.3 Å². The van der Waals surface area contributed by atoms with E-state index >= 15 is 0 Å². The summed E-state index contributed by atoms with van der Waals surface area (Å²) in [6.07, 6.45) is 0. The minimum absolute atomic E-state index is 0.369. The Morgan fingerprint density at radius 1 is 1.50 bits per heavy atom. The monoisotopic (exact) mass is 226 g/mol. The molecule has 0 radical (unpaired) electrons. The second kappa shape index (κ2) is 2.84. The lowest BCUT2D eigenvalue weighted by atomic mass is 10.5. The van der Waals surface area contributed by atoms with Gasteiger partial charge in [-0.2, -0.15) is 0 Å². The van der Waals surface area contributed by atoms with E-state index in [4.69, 9.17) is 5.73 Å². The Balaban J connectivity index is 2.74. The van der Waals surface area contributed by atoms with Gasteiger partial charge in [0, 0.05) is 0 Å². The fourth-order valence-corrected chi connectivity index (χ4v) is 1.42. The van der Waals surface area contributed by atoms with Gasteiger partial charge in [0.25, 0.3) is 0 Å². The first kappa shape index (κ1) is 7.70. The van der Waals surface area contributed by atoms with Crippen molar-refractivity contribution in [2.75, 3.05) is 0 Å². The third-order valence-corrected chi connectivity index (χ3v) is 2.14. The second-order valence-electron chi connectivity index (χ2n) is 2.35. The van der Waals surface area contributed by atoms with Crippen molar-refractivity contribution in [3.63, 3.8) is 0 Å². The minimum atomic E-state index is 0.369. The molecule has 2 aromatic rings. The number of rotatable bonds is 1. The summed E-state index contributed by atoms with van der Waals surface area (Å²) in [5, 5.41) is 4.16. The summed E-state index contributed by atoms with van der Waals surface area (Å²) in [7, 11) is 0. The maximum absolute atomic E-state index is 5.41. The largest absolute Gasteiger partial charge is 0.324 e. The van der Waals surface area contributed by atoms with E-state index in [-0.39, 0.29) is 0 Å². The van der Waals surface area contributed by atoms with E-state index in [1.54, 1.807) is 4.52 Å². The molecule has 0 aliphatic rings. The number of fused-ring (bicyclic) bond motifs is 1. The summed E-state index contributed by atoms with van der Waals surface area (Å²) in [6, 6.07) is 5.70. The molecule has 2 rings (SSSR count). The molecule has 0 spiro atoms. The number of pyridine rings is 1. The molecule has 2 aromatic heterocycles.